The normalized spacial score (nSPS) is 10.8. The SMILES string of the molecule is CC(=O)c1ccc(NC(=O)CSc2nc3cc(C)cc(C)c3cc2C)cc1. The summed E-state index contributed by atoms with van der Waals surface area (Å²) in [6, 6.07) is 13.3. The summed E-state index contributed by atoms with van der Waals surface area (Å²) in [5.41, 5.74) is 5.73. The molecule has 27 heavy (non-hydrogen) atoms. The van der Waals surface area contributed by atoms with Crippen LogP contribution in [0.25, 0.3) is 10.9 Å². The number of fused-ring (bicyclic) bond motifs is 1. The molecular weight excluding hydrogens is 356 g/mol. The molecule has 1 N–H and O–H groups in total. The van der Waals surface area contributed by atoms with Crippen molar-refractivity contribution in [2.45, 2.75) is 32.7 Å². The molecule has 1 heterocycles. The minimum absolute atomic E-state index is 0.00626. The third-order valence-electron chi connectivity index (χ3n) is 4.34. The fourth-order valence-corrected chi connectivity index (χ4v) is 3.77. The second-order valence-electron chi connectivity index (χ2n) is 6.73. The highest BCUT2D eigenvalue weighted by atomic mass is 32.2. The van der Waals surface area contributed by atoms with E-state index in [1.807, 2.05) is 6.92 Å². The number of carbonyl (C=O) groups is 2. The number of amides is 1. The van der Waals surface area contributed by atoms with E-state index in [4.69, 9.17) is 4.98 Å². The number of aromatic nitrogens is 1. The number of aryl methyl sites for hydroxylation is 3. The monoisotopic (exact) mass is 378 g/mol. The lowest BCUT2D eigenvalue weighted by Crippen LogP contribution is -2.14. The van der Waals surface area contributed by atoms with Gasteiger partial charge in [0.15, 0.2) is 5.78 Å². The molecule has 0 spiro atoms. The predicted octanol–water partition coefficient (Wildman–Crippen LogP) is 5.09. The van der Waals surface area contributed by atoms with E-state index >= 15 is 0 Å². The van der Waals surface area contributed by atoms with Gasteiger partial charge < -0.3 is 5.32 Å². The van der Waals surface area contributed by atoms with Gasteiger partial charge in [0, 0.05) is 16.6 Å². The molecule has 2 aromatic carbocycles. The van der Waals surface area contributed by atoms with Gasteiger partial charge in [-0.1, -0.05) is 17.8 Å². The Labute approximate surface area is 163 Å². The van der Waals surface area contributed by atoms with Crippen LogP contribution in [-0.2, 0) is 4.79 Å². The van der Waals surface area contributed by atoms with Crippen molar-refractivity contribution >= 4 is 40.0 Å². The molecular formula is C22H22N2O2S. The fraction of sp³-hybridized carbons (Fsp3) is 0.227. The molecule has 0 aliphatic heterocycles. The van der Waals surface area contributed by atoms with Crippen LogP contribution >= 0.6 is 11.8 Å². The van der Waals surface area contributed by atoms with Gasteiger partial charge in [-0.05, 0) is 80.8 Å². The first-order valence-corrected chi connectivity index (χ1v) is 9.74. The van der Waals surface area contributed by atoms with Crippen LogP contribution in [0.5, 0.6) is 0 Å². The van der Waals surface area contributed by atoms with E-state index in [1.165, 1.54) is 29.8 Å². The minimum atomic E-state index is -0.0997. The number of rotatable bonds is 5. The Hall–Kier alpha value is -2.66. The molecule has 0 atom stereocenters. The topological polar surface area (TPSA) is 59.1 Å². The first-order chi connectivity index (χ1) is 12.8. The maximum absolute atomic E-state index is 12.3. The molecule has 3 rings (SSSR count). The highest BCUT2D eigenvalue weighted by molar-refractivity contribution is 8.00. The van der Waals surface area contributed by atoms with E-state index < -0.39 is 0 Å². The van der Waals surface area contributed by atoms with Crippen molar-refractivity contribution in [1.29, 1.82) is 0 Å². The molecule has 1 aromatic heterocycles. The minimum Gasteiger partial charge on any atom is -0.325 e. The molecule has 138 valence electrons. The average Bonchev–Trinajstić information content (AvgIpc) is 2.61. The average molecular weight is 378 g/mol. The molecule has 4 nitrogen and oxygen atoms in total. The summed E-state index contributed by atoms with van der Waals surface area (Å²) in [4.78, 5) is 28.3. The number of ketones is 1. The largest absolute Gasteiger partial charge is 0.325 e. The third-order valence-corrected chi connectivity index (χ3v) is 5.44. The molecule has 0 radical (unpaired) electrons. The van der Waals surface area contributed by atoms with Crippen LogP contribution in [0.2, 0.25) is 0 Å². The summed E-state index contributed by atoms with van der Waals surface area (Å²) in [5, 5.41) is 4.87. The molecule has 0 fully saturated rings. The lowest BCUT2D eigenvalue weighted by molar-refractivity contribution is -0.113. The summed E-state index contributed by atoms with van der Waals surface area (Å²) in [5.74, 6) is 0.183. The van der Waals surface area contributed by atoms with E-state index in [0.717, 1.165) is 21.5 Å². The summed E-state index contributed by atoms with van der Waals surface area (Å²) in [6.45, 7) is 7.69. The Morgan fingerprint density at radius 2 is 1.70 bits per heavy atom. The quantitative estimate of drug-likeness (QED) is 0.496. The number of nitrogens with one attached hydrogen (secondary N) is 1. The van der Waals surface area contributed by atoms with Crippen LogP contribution in [0.15, 0.2) is 47.5 Å². The van der Waals surface area contributed by atoms with Crippen LogP contribution in [0.3, 0.4) is 0 Å². The zero-order valence-corrected chi connectivity index (χ0v) is 16.7. The molecule has 3 aromatic rings. The molecule has 0 saturated carbocycles. The zero-order valence-electron chi connectivity index (χ0n) is 15.9. The van der Waals surface area contributed by atoms with Crippen molar-refractivity contribution in [3.8, 4) is 0 Å². The maximum Gasteiger partial charge on any atom is 0.234 e. The van der Waals surface area contributed by atoms with E-state index in [0.29, 0.717) is 11.3 Å². The van der Waals surface area contributed by atoms with Gasteiger partial charge in [-0.2, -0.15) is 0 Å². The van der Waals surface area contributed by atoms with Gasteiger partial charge in [-0.3, -0.25) is 9.59 Å². The van der Waals surface area contributed by atoms with Crippen LogP contribution in [-0.4, -0.2) is 22.4 Å². The van der Waals surface area contributed by atoms with Crippen molar-refractivity contribution in [2.24, 2.45) is 0 Å². The molecule has 0 aliphatic carbocycles. The molecule has 1 amide bonds. The predicted molar refractivity (Wildman–Crippen MR) is 112 cm³/mol. The van der Waals surface area contributed by atoms with Crippen LogP contribution < -0.4 is 5.32 Å². The first kappa shape index (κ1) is 19.1. The standard InChI is InChI=1S/C22H22N2O2S/c1-13-9-14(2)19-11-15(3)22(24-20(19)10-13)27-12-21(26)23-18-7-5-17(6-8-18)16(4)25/h5-11H,12H2,1-4H3,(H,23,26). The highest BCUT2D eigenvalue weighted by Gasteiger charge is 2.10. The molecule has 5 heteroatoms. The van der Waals surface area contributed by atoms with E-state index in [-0.39, 0.29) is 17.4 Å². The fourth-order valence-electron chi connectivity index (χ4n) is 2.98. The van der Waals surface area contributed by atoms with Gasteiger partial charge in [0.05, 0.1) is 11.3 Å². The lowest BCUT2D eigenvalue weighted by Gasteiger charge is -2.10. The van der Waals surface area contributed by atoms with Crippen molar-refractivity contribution in [1.82, 2.24) is 4.98 Å². The van der Waals surface area contributed by atoms with E-state index in [2.05, 4.69) is 37.4 Å². The Morgan fingerprint density at radius 1 is 1.00 bits per heavy atom. The van der Waals surface area contributed by atoms with Gasteiger partial charge in [-0.15, -0.1) is 0 Å². The lowest BCUT2D eigenvalue weighted by atomic mass is 10.1. The van der Waals surface area contributed by atoms with Crippen molar-refractivity contribution < 1.29 is 9.59 Å². The Kier molecular flexibility index (Phi) is 5.61. The van der Waals surface area contributed by atoms with Crippen LogP contribution in [0.4, 0.5) is 5.69 Å². The zero-order chi connectivity index (χ0) is 19.6. The number of hydrogen-bond acceptors (Lipinski definition) is 4. The second-order valence-corrected chi connectivity index (χ2v) is 7.69. The maximum atomic E-state index is 12.3. The molecule has 0 unspecified atom stereocenters. The van der Waals surface area contributed by atoms with Gasteiger partial charge >= 0.3 is 0 Å². The smallest absolute Gasteiger partial charge is 0.234 e. The van der Waals surface area contributed by atoms with Crippen molar-refractivity contribution in [2.75, 3.05) is 11.1 Å². The Bertz CT molecular complexity index is 1030. The number of pyridine rings is 1. The van der Waals surface area contributed by atoms with Gasteiger partial charge in [-0.25, -0.2) is 4.98 Å². The third kappa shape index (κ3) is 4.55. The second kappa shape index (κ2) is 7.92. The number of hydrogen-bond donors (Lipinski definition) is 1. The van der Waals surface area contributed by atoms with Gasteiger partial charge in [0.2, 0.25) is 5.91 Å². The number of anilines is 1. The Balaban J connectivity index is 1.69. The van der Waals surface area contributed by atoms with E-state index in [1.54, 1.807) is 24.3 Å². The molecule has 0 aliphatic rings. The highest BCUT2D eigenvalue weighted by Crippen LogP contribution is 2.27. The summed E-state index contributed by atoms with van der Waals surface area (Å²) < 4.78 is 0. The number of benzene rings is 2. The Morgan fingerprint density at radius 3 is 2.37 bits per heavy atom. The van der Waals surface area contributed by atoms with Crippen LogP contribution in [0, 0.1) is 20.8 Å². The van der Waals surface area contributed by atoms with Gasteiger partial charge in [0.25, 0.3) is 0 Å². The molecule has 0 bridgehead atoms. The first-order valence-electron chi connectivity index (χ1n) is 8.76. The van der Waals surface area contributed by atoms with Crippen LogP contribution in [0.1, 0.15) is 34.0 Å². The van der Waals surface area contributed by atoms with Crippen molar-refractivity contribution in [3.63, 3.8) is 0 Å². The number of nitrogens with zero attached hydrogens (tertiary/aromatic N) is 1. The number of thioether (sulfide) groups is 1. The number of carbonyl (C=O) groups excluding carboxylic acids is 2. The van der Waals surface area contributed by atoms with Crippen molar-refractivity contribution in [3.05, 3.63) is 64.7 Å². The van der Waals surface area contributed by atoms with E-state index in [9.17, 15) is 9.59 Å². The van der Waals surface area contributed by atoms with Gasteiger partial charge in [0.1, 0.15) is 5.03 Å². The summed E-state index contributed by atoms with van der Waals surface area (Å²) >= 11 is 1.43. The summed E-state index contributed by atoms with van der Waals surface area (Å²) in [6.07, 6.45) is 0. The molecule has 0 saturated heterocycles. The number of Topliss-reactive ketones (excluding diaryl/α,β-unsaturated/α-hetero) is 1. The summed E-state index contributed by atoms with van der Waals surface area (Å²) in [7, 11) is 0.